The number of ether oxygens (including phenoxy) is 1. The minimum atomic E-state index is -0.348. The number of hydrogen-bond acceptors (Lipinski definition) is 4. The van der Waals surface area contributed by atoms with Gasteiger partial charge in [-0.15, -0.1) is 0 Å². The van der Waals surface area contributed by atoms with Crippen LogP contribution in [0.5, 0.6) is 0 Å². The zero-order chi connectivity index (χ0) is 18.4. The molecule has 0 spiro atoms. The maximum Gasteiger partial charge on any atom is 0.249 e. The van der Waals surface area contributed by atoms with E-state index in [9.17, 15) is 9.90 Å². The predicted octanol–water partition coefficient (Wildman–Crippen LogP) is 2.61. The normalized spacial score (nSPS) is 22.6. The van der Waals surface area contributed by atoms with Gasteiger partial charge in [-0.3, -0.25) is 9.69 Å². The minimum Gasteiger partial charge on any atom is -0.392 e. The van der Waals surface area contributed by atoms with E-state index in [2.05, 4.69) is 22.3 Å². The molecule has 2 aliphatic rings. The lowest BCUT2D eigenvalue weighted by atomic mass is 10.1. The lowest BCUT2D eigenvalue weighted by molar-refractivity contribution is -0.136. The number of β-amino-alcohol motifs (C(OH)–C–C–N with tert-alkyl or cyclic N) is 1. The summed E-state index contributed by atoms with van der Waals surface area (Å²) in [6.07, 6.45) is 5.81. The Morgan fingerprint density at radius 1 is 1.27 bits per heavy atom. The van der Waals surface area contributed by atoms with Gasteiger partial charge >= 0.3 is 0 Å². The summed E-state index contributed by atoms with van der Waals surface area (Å²) in [5.41, 5.74) is 2.35. The first-order valence-electron chi connectivity index (χ1n) is 10.1. The fourth-order valence-corrected chi connectivity index (χ4v) is 3.98. The topological polar surface area (TPSA) is 61.8 Å². The highest BCUT2D eigenvalue weighted by atomic mass is 16.5. The maximum atomic E-state index is 12.6. The highest BCUT2D eigenvalue weighted by Crippen LogP contribution is 2.23. The van der Waals surface area contributed by atoms with Crippen LogP contribution in [0, 0.1) is 0 Å². The van der Waals surface area contributed by atoms with Crippen molar-refractivity contribution in [2.75, 3.05) is 13.1 Å². The van der Waals surface area contributed by atoms with Gasteiger partial charge in [0.1, 0.15) is 6.10 Å². The summed E-state index contributed by atoms with van der Waals surface area (Å²) in [6, 6.07) is 8.22. The van der Waals surface area contributed by atoms with Gasteiger partial charge in [-0.1, -0.05) is 44.0 Å². The van der Waals surface area contributed by atoms with Crippen LogP contribution < -0.4 is 5.32 Å². The zero-order valence-electron chi connectivity index (χ0n) is 15.8. The third-order valence-corrected chi connectivity index (χ3v) is 5.54. The van der Waals surface area contributed by atoms with E-state index in [1.54, 1.807) is 0 Å². The molecule has 2 atom stereocenters. The highest BCUT2D eigenvalue weighted by Gasteiger charge is 2.24. The molecule has 1 aliphatic carbocycles. The Morgan fingerprint density at radius 3 is 2.65 bits per heavy atom. The van der Waals surface area contributed by atoms with Gasteiger partial charge in [0.05, 0.1) is 12.2 Å². The minimum absolute atomic E-state index is 0.00852. The van der Waals surface area contributed by atoms with Crippen molar-refractivity contribution in [3.05, 3.63) is 35.4 Å². The number of nitrogens with one attached hydrogen (secondary N) is 1. The number of aliphatic hydroxyl groups excluding tert-OH is 1. The van der Waals surface area contributed by atoms with E-state index >= 15 is 0 Å². The van der Waals surface area contributed by atoms with Gasteiger partial charge in [-0.2, -0.15) is 0 Å². The summed E-state index contributed by atoms with van der Waals surface area (Å²) in [7, 11) is 0. The van der Waals surface area contributed by atoms with Crippen molar-refractivity contribution >= 4 is 5.91 Å². The van der Waals surface area contributed by atoms with E-state index in [4.69, 9.17) is 4.74 Å². The molecule has 1 saturated heterocycles. The molecule has 1 saturated carbocycles. The Labute approximate surface area is 156 Å². The van der Waals surface area contributed by atoms with Crippen LogP contribution in [0.2, 0.25) is 0 Å². The molecule has 0 bridgehead atoms. The highest BCUT2D eigenvalue weighted by molar-refractivity contribution is 5.80. The zero-order valence-corrected chi connectivity index (χ0v) is 15.8. The molecule has 3 rings (SSSR count). The number of nitrogens with zero attached hydrogens (tertiary/aromatic N) is 1. The average molecular weight is 360 g/mol. The van der Waals surface area contributed by atoms with E-state index in [0.29, 0.717) is 13.0 Å². The van der Waals surface area contributed by atoms with Crippen molar-refractivity contribution < 1.29 is 14.6 Å². The van der Waals surface area contributed by atoms with Crippen molar-refractivity contribution in [3.63, 3.8) is 0 Å². The molecule has 5 heteroatoms. The second-order valence-corrected chi connectivity index (χ2v) is 7.60. The quantitative estimate of drug-likeness (QED) is 0.748. The molecular formula is C21H32N2O3. The number of likely N-dealkylation sites (tertiary alicyclic amines) is 1. The third-order valence-electron chi connectivity index (χ3n) is 5.54. The van der Waals surface area contributed by atoms with Crippen molar-refractivity contribution in [2.24, 2.45) is 0 Å². The predicted molar refractivity (Wildman–Crippen MR) is 102 cm³/mol. The molecule has 0 aromatic heterocycles. The Hall–Kier alpha value is -1.43. The SMILES string of the molecule is CC[C@@H](OC1CCCC1)C(=O)NCc1ccccc1CN1CC[C@H](O)C1. The van der Waals surface area contributed by atoms with Crippen LogP contribution in [-0.4, -0.2) is 47.3 Å². The number of rotatable bonds is 8. The van der Waals surface area contributed by atoms with Gasteiger partial charge in [0.25, 0.3) is 0 Å². The molecule has 2 N–H and O–H groups in total. The van der Waals surface area contributed by atoms with Crippen LogP contribution in [0.1, 0.15) is 56.6 Å². The Balaban J connectivity index is 1.53. The number of carbonyl (C=O) groups is 1. The molecule has 1 heterocycles. The summed E-state index contributed by atoms with van der Waals surface area (Å²) in [6.45, 7) is 5.00. The Morgan fingerprint density at radius 2 is 2.00 bits per heavy atom. The molecular weight excluding hydrogens is 328 g/mol. The van der Waals surface area contributed by atoms with E-state index in [1.165, 1.54) is 18.4 Å². The molecule has 144 valence electrons. The standard InChI is InChI=1S/C21H32N2O3/c1-2-20(26-19-9-5-6-10-19)21(25)22-13-16-7-3-4-8-17(16)14-23-12-11-18(24)15-23/h3-4,7-8,18-20,24H,2,5-6,9-15H2,1H3,(H,22,25)/t18-,20+/m0/s1. The summed E-state index contributed by atoms with van der Waals surface area (Å²) in [5.74, 6) is -0.00852. The second kappa shape index (κ2) is 9.49. The number of hydrogen-bond donors (Lipinski definition) is 2. The van der Waals surface area contributed by atoms with Crippen LogP contribution in [0.25, 0.3) is 0 Å². The molecule has 26 heavy (non-hydrogen) atoms. The summed E-state index contributed by atoms with van der Waals surface area (Å²) in [4.78, 5) is 14.8. The molecule has 0 unspecified atom stereocenters. The lowest BCUT2D eigenvalue weighted by Crippen LogP contribution is -2.37. The van der Waals surface area contributed by atoms with Crippen molar-refractivity contribution in [2.45, 2.75) is 76.9 Å². The van der Waals surface area contributed by atoms with Crippen LogP contribution in [0.4, 0.5) is 0 Å². The van der Waals surface area contributed by atoms with Gasteiger partial charge in [0.15, 0.2) is 0 Å². The van der Waals surface area contributed by atoms with Crippen LogP contribution in [0.3, 0.4) is 0 Å². The van der Waals surface area contributed by atoms with E-state index in [1.807, 2.05) is 19.1 Å². The van der Waals surface area contributed by atoms with E-state index in [-0.39, 0.29) is 24.2 Å². The van der Waals surface area contributed by atoms with Gasteiger partial charge in [-0.05, 0) is 36.8 Å². The Kier molecular flexibility index (Phi) is 7.06. The smallest absolute Gasteiger partial charge is 0.249 e. The molecule has 1 aromatic carbocycles. The van der Waals surface area contributed by atoms with Crippen LogP contribution in [-0.2, 0) is 22.6 Å². The molecule has 1 amide bonds. The van der Waals surface area contributed by atoms with Gasteiger partial charge in [-0.25, -0.2) is 0 Å². The number of amides is 1. The van der Waals surface area contributed by atoms with Crippen LogP contribution in [0.15, 0.2) is 24.3 Å². The first-order chi connectivity index (χ1) is 12.7. The maximum absolute atomic E-state index is 12.6. The first kappa shape index (κ1) is 19.3. The fourth-order valence-electron chi connectivity index (χ4n) is 3.98. The number of benzene rings is 1. The van der Waals surface area contributed by atoms with Crippen LogP contribution >= 0.6 is 0 Å². The molecule has 2 fully saturated rings. The Bertz CT molecular complexity index is 586. The second-order valence-electron chi connectivity index (χ2n) is 7.60. The van der Waals surface area contributed by atoms with Crippen molar-refractivity contribution in [1.82, 2.24) is 10.2 Å². The lowest BCUT2D eigenvalue weighted by Gasteiger charge is -2.21. The molecule has 1 aromatic rings. The third kappa shape index (κ3) is 5.29. The fraction of sp³-hybridized carbons (Fsp3) is 0.667. The van der Waals surface area contributed by atoms with E-state index in [0.717, 1.165) is 44.5 Å². The van der Waals surface area contributed by atoms with Gasteiger partial charge in [0.2, 0.25) is 5.91 Å². The summed E-state index contributed by atoms with van der Waals surface area (Å²) < 4.78 is 6.01. The average Bonchev–Trinajstić information content (AvgIpc) is 3.30. The molecule has 5 nitrogen and oxygen atoms in total. The first-order valence-corrected chi connectivity index (χ1v) is 10.1. The number of carbonyl (C=O) groups excluding carboxylic acids is 1. The largest absolute Gasteiger partial charge is 0.392 e. The molecule has 0 radical (unpaired) electrons. The van der Waals surface area contributed by atoms with Gasteiger partial charge in [0, 0.05) is 26.2 Å². The van der Waals surface area contributed by atoms with E-state index < -0.39 is 0 Å². The summed E-state index contributed by atoms with van der Waals surface area (Å²) in [5, 5.41) is 12.8. The number of aliphatic hydroxyl groups is 1. The monoisotopic (exact) mass is 360 g/mol. The molecule has 1 aliphatic heterocycles. The van der Waals surface area contributed by atoms with Crippen molar-refractivity contribution in [3.8, 4) is 0 Å². The van der Waals surface area contributed by atoms with Gasteiger partial charge < -0.3 is 15.2 Å². The van der Waals surface area contributed by atoms with Crippen molar-refractivity contribution in [1.29, 1.82) is 0 Å². The summed E-state index contributed by atoms with van der Waals surface area (Å²) >= 11 is 0.